The van der Waals surface area contributed by atoms with Gasteiger partial charge in [0.2, 0.25) is 0 Å². The van der Waals surface area contributed by atoms with Gasteiger partial charge < -0.3 is 10.2 Å². The molecule has 1 atom stereocenters. The fourth-order valence-corrected chi connectivity index (χ4v) is 3.61. The van der Waals surface area contributed by atoms with Crippen LogP contribution in [-0.2, 0) is 0 Å². The van der Waals surface area contributed by atoms with Crippen molar-refractivity contribution < 1.29 is 9.18 Å². The summed E-state index contributed by atoms with van der Waals surface area (Å²) in [5, 5.41) is 7.54. The molecule has 3 heterocycles. The highest BCUT2D eigenvalue weighted by atomic mass is 19.1. The number of amides is 1. The number of carbonyl (C=O) groups excluding carboxylic acids is 1. The lowest BCUT2D eigenvalue weighted by Gasteiger charge is -2.26. The first-order chi connectivity index (χ1) is 13.0. The van der Waals surface area contributed by atoms with Crippen molar-refractivity contribution in [2.45, 2.75) is 38.8 Å². The summed E-state index contributed by atoms with van der Waals surface area (Å²) >= 11 is 0. The molecule has 0 unspecified atom stereocenters. The molecule has 1 amide bonds. The van der Waals surface area contributed by atoms with Gasteiger partial charge in [0.15, 0.2) is 11.3 Å². The quantitative estimate of drug-likeness (QED) is 0.768. The zero-order chi connectivity index (χ0) is 19.0. The van der Waals surface area contributed by atoms with E-state index in [0.717, 1.165) is 30.8 Å². The van der Waals surface area contributed by atoms with E-state index in [1.165, 1.54) is 12.3 Å². The second kappa shape index (κ2) is 6.98. The number of imidazole rings is 1. The Hall–Kier alpha value is -2.96. The Morgan fingerprint density at radius 3 is 2.93 bits per heavy atom. The standard InChI is InChI=1S/C20H22FN5O/c1-13(2)23-20(27)17-12-22-18-8-9-19(24-26(17)18)25-10-4-7-16(25)14-5-3-6-15(21)11-14/h3,5-6,8-9,11-13,16H,4,7,10H2,1-2H3,(H,23,27)/t16-/m1/s1. The molecule has 4 rings (SSSR count). The highest BCUT2D eigenvalue weighted by Gasteiger charge is 2.28. The summed E-state index contributed by atoms with van der Waals surface area (Å²) < 4.78 is 15.2. The second-order valence-electron chi connectivity index (χ2n) is 7.14. The summed E-state index contributed by atoms with van der Waals surface area (Å²) in [4.78, 5) is 18.9. The smallest absolute Gasteiger partial charge is 0.271 e. The van der Waals surface area contributed by atoms with Gasteiger partial charge in [-0.05, 0) is 56.5 Å². The van der Waals surface area contributed by atoms with E-state index < -0.39 is 0 Å². The van der Waals surface area contributed by atoms with Crippen LogP contribution >= 0.6 is 0 Å². The number of hydrogen-bond donors (Lipinski definition) is 1. The van der Waals surface area contributed by atoms with Crippen molar-refractivity contribution in [1.29, 1.82) is 0 Å². The molecule has 7 heteroatoms. The molecule has 0 aliphatic carbocycles. The minimum Gasteiger partial charge on any atom is -0.348 e. The van der Waals surface area contributed by atoms with Crippen molar-refractivity contribution in [3.63, 3.8) is 0 Å². The summed E-state index contributed by atoms with van der Waals surface area (Å²) in [5.41, 5.74) is 1.97. The molecule has 0 radical (unpaired) electrons. The second-order valence-corrected chi connectivity index (χ2v) is 7.14. The van der Waals surface area contributed by atoms with Crippen LogP contribution in [0.2, 0.25) is 0 Å². The number of aromatic nitrogens is 3. The molecule has 0 saturated carbocycles. The van der Waals surface area contributed by atoms with E-state index >= 15 is 0 Å². The van der Waals surface area contributed by atoms with E-state index in [4.69, 9.17) is 0 Å². The summed E-state index contributed by atoms with van der Waals surface area (Å²) in [6, 6.07) is 10.6. The Morgan fingerprint density at radius 2 is 2.15 bits per heavy atom. The third kappa shape index (κ3) is 3.37. The molecule has 140 valence electrons. The largest absolute Gasteiger partial charge is 0.348 e. The average Bonchev–Trinajstić information content (AvgIpc) is 3.27. The van der Waals surface area contributed by atoms with E-state index in [-0.39, 0.29) is 23.8 Å². The van der Waals surface area contributed by atoms with E-state index in [2.05, 4.69) is 20.3 Å². The normalized spacial score (nSPS) is 17.0. The van der Waals surface area contributed by atoms with Gasteiger partial charge in [0.1, 0.15) is 11.6 Å². The van der Waals surface area contributed by atoms with Gasteiger partial charge in [-0.25, -0.2) is 13.9 Å². The number of nitrogens with one attached hydrogen (secondary N) is 1. The molecule has 1 aromatic carbocycles. The van der Waals surface area contributed by atoms with Crippen LogP contribution in [0.5, 0.6) is 0 Å². The fourth-order valence-electron chi connectivity index (χ4n) is 3.61. The fraction of sp³-hybridized carbons (Fsp3) is 0.350. The molecule has 0 bridgehead atoms. The first kappa shape index (κ1) is 17.5. The number of nitrogens with zero attached hydrogens (tertiary/aromatic N) is 4. The highest BCUT2D eigenvalue weighted by Crippen LogP contribution is 2.35. The number of anilines is 1. The molecule has 1 aliphatic rings. The first-order valence-electron chi connectivity index (χ1n) is 9.20. The Kier molecular flexibility index (Phi) is 4.51. The van der Waals surface area contributed by atoms with E-state index in [1.807, 2.05) is 32.0 Å². The summed E-state index contributed by atoms with van der Waals surface area (Å²) in [6.07, 6.45) is 3.48. The molecular formula is C20H22FN5O. The van der Waals surface area contributed by atoms with Crippen molar-refractivity contribution >= 4 is 17.4 Å². The van der Waals surface area contributed by atoms with Crippen LogP contribution in [-0.4, -0.2) is 33.1 Å². The van der Waals surface area contributed by atoms with Crippen molar-refractivity contribution in [2.24, 2.45) is 0 Å². The molecule has 2 aromatic heterocycles. The maximum absolute atomic E-state index is 13.7. The SMILES string of the molecule is CC(C)NC(=O)c1cnc2ccc(N3CCC[C@@H]3c3cccc(F)c3)nn12. The molecule has 3 aromatic rings. The van der Waals surface area contributed by atoms with Crippen LogP contribution < -0.4 is 10.2 Å². The third-order valence-electron chi connectivity index (χ3n) is 4.78. The van der Waals surface area contributed by atoms with Gasteiger partial charge in [-0.2, -0.15) is 0 Å². The van der Waals surface area contributed by atoms with Gasteiger partial charge >= 0.3 is 0 Å². The van der Waals surface area contributed by atoms with Crippen LogP contribution in [0.1, 0.15) is 48.8 Å². The topological polar surface area (TPSA) is 62.5 Å². The number of benzene rings is 1. The van der Waals surface area contributed by atoms with Crippen LogP contribution in [0.3, 0.4) is 0 Å². The Labute approximate surface area is 157 Å². The maximum Gasteiger partial charge on any atom is 0.271 e. The number of rotatable bonds is 4. The van der Waals surface area contributed by atoms with E-state index in [1.54, 1.807) is 16.6 Å². The lowest BCUT2D eigenvalue weighted by atomic mass is 10.0. The maximum atomic E-state index is 13.7. The number of hydrogen-bond acceptors (Lipinski definition) is 4. The van der Waals surface area contributed by atoms with Gasteiger partial charge in [0.05, 0.1) is 12.2 Å². The molecule has 1 saturated heterocycles. The van der Waals surface area contributed by atoms with E-state index in [9.17, 15) is 9.18 Å². The van der Waals surface area contributed by atoms with Gasteiger partial charge in [0.25, 0.3) is 5.91 Å². The van der Waals surface area contributed by atoms with E-state index in [0.29, 0.717) is 11.3 Å². The Balaban J connectivity index is 1.69. The van der Waals surface area contributed by atoms with Gasteiger partial charge in [0, 0.05) is 12.6 Å². The monoisotopic (exact) mass is 367 g/mol. The molecule has 1 N–H and O–H groups in total. The minimum atomic E-state index is -0.231. The van der Waals surface area contributed by atoms with Crippen LogP contribution in [0.15, 0.2) is 42.6 Å². The number of fused-ring (bicyclic) bond motifs is 1. The predicted octanol–water partition coefficient (Wildman–Crippen LogP) is 3.35. The van der Waals surface area contributed by atoms with Gasteiger partial charge in [-0.1, -0.05) is 12.1 Å². The Morgan fingerprint density at radius 1 is 1.30 bits per heavy atom. The summed E-state index contributed by atoms with van der Waals surface area (Å²) in [7, 11) is 0. The zero-order valence-corrected chi connectivity index (χ0v) is 15.4. The van der Waals surface area contributed by atoms with Crippen molar-refractivity contribution in [3.05, 3.63) is 59.7 Å². The predicted molar refractivity (Wildman–Crippen MR) is 101 cm³/mol. The average molecular weight is 367 g/mol. The minimum absolute atomic E-state index is 0.0298. The van der Waals surface area contributed by atoms with Crippen molar-refractivity contribution in [3.8, 4) is 0 Å². The lowest BCUT2D eigenvalue weighted by Crippen LogP contribution is -2.31. The van der Waals surface area contributed by atoms with Crippen LogP contribution in [0.4, 0.5) is 10.2 Å². The summed E-state index contributed by atoms with van der Waals surface area (Å²) in [5.74, 6) is 0.320. The molecular weight excluding hydrogens is 345 g/mol. The molecule has 27 heavy (non-hydrogen) atoms. The van der Waals surface area contributed by atoms with Crippen LogP contribution in [0.25, 0.3) is 5.65 Å². The zero-order valence-electron chi connectivity index (χ0n) is 15.4. The highest BCUT2D eigenvalue weighted by molar-refractivity contribution is 5.93. The first-order valence-corrected chi connectivity index (χ1v) is 9.20. The van der Waals surface area contributed by atoms with Gasteiger partial charge in [-0.15, -0.1) is 5.10 Å². The molecule has 0 spiro atoms. The van der Waals surface area contributed by atoms with Crippen molar-refractivity contribution in [2.75, 3.05) is 11.4 Å². The lowest BCUT2D eigenvalue weighted by molar-refractivity contribution is 0.0936. The van der Waals surface area contributed by atoms with Gasteiger partial charge in [-0.3, -0.25) is 4.79 Å². The number of halogens is 1. The summed E-state index contributed by atoms with van der Waals surface area (Å²) in [6.45, 7) is 4.66. The molecule has 1 aliphatic heterocycles. The van der Waals surface area contributed by atoms with Crippen molar-refractivity contribution in [1.82, 2.24) is 19.9 Å². The Bertz CT molecular complexity index is 983. The van der Waals surface area contributed by atoms with Crippen LogP contribution in [0, 0.1) is 5.82 Å². The molecule has 1 fully saturated rings. The number of carbonyl (C=O) groups is 1. The molecule has 6 nitrogen and oxygen atoms in total. The third-order valence-corrected chi connectivity index (χ3v) is 4.78.